The third-order valence-electron chi connectivity index (χ3n) is 4.71. The van der Waals surface area contributed by atoms with Crippen LogP contribution in [0, 0.1) is 13.8 Å². The number of carboxylic acids is 1. The maximum Gasteiger partial charge on any atom is 0.317 e. The van der Waals surface area contributed by atoms with Gasteiger partial charge in [-0.25, -0.2) is 4.68 Å². The number of ether oxygens (including phenoxy) is 1. The van der Waals surface area contributed by atoms with Gasteiger partial charge in [0, 0.05) is 30.9 Å². The van der Waals surface area contributed by atoms with Crippen LogP contribution in [-0.4, -0.2) is 82.5 Å². The fraction of sp³-hybridized carbons (Fsp3) is 0.450. The maximum absolute atomic E-state index is 12.9. The van der Waals surface area contributed by atoms with Crippen LogP contribution in [0.5, 0.6) is 0 Å². The number of carboxylic acid groups (broad SMARTS) is 1. The van der Waals surface area contributed by atoms with E-state index in [1.807, 2.05) is 48.9 Å². The molecule has 28 heavy (non-hydrogen) atoms. The zero-order valence-electron chi connectivity index (χ0n) is 16.5. The first-order valence-electron chi connectivity index (χ1n) is 9.28. The lowest BCUT2D eigenvalue weighted by Crippen LogP contribution is -2.49. The van der Waals surface area contributed by atoms with Crippen molar-refractivity contribution in [2.75, 3.05) is 39.8 Å². The highest BCUT2D eigenvalue weighted by Crippen LogP contribution is 2.16. The van der Waals surface area contributed by atoms with Crippen LogP contribution in [0.1, 0.15) is 21.7 Å². The van der Waals surface area contributed by atoms with Crippen LogP contribution in [0.15, 0.2) is 30.3 Å². The van der Waals surface area contributed by atoms with Gasteiger partial charge in [0.15, 0.2) is 0 Å². The van der Waals surface area contributed by atoms with Gasteiger partial charge in [0.2, 0.25) is 0 Å². The smallest absolute Gasteiger partial charge is 0.317 e. The lowest BCUT2D eigenvalue weighted by Gasteiger charge is -2.34. The predicted molar refractivity (Wildman–Crippen MR) is 104 cm³/mol. The summed E-state index contributed by atoms with van der Waals surface area (Å²) in [5.41, 5.74) is 3.52. The summed E-state index contributed by atoms with van der Waals surface area (Å²) >= 11 is 0. The highest BCUT2D eigenvalue weighted by Gasteiger charge is 2.26. The molecule has 0 spiro atoms. The lowest BCUT2D eigenvalue weighted by molar-refractivity contribution is -0.138. The molecule has 1 N–H and O–H groups in total. The van der Waals surface area contributed by atoms with Gasteiger partial charge in [0.1, 0.15) is 0 Å². The Labute approximate surface area is 164 Å². The van der Waals surface area contributed by atoms with E-state index in [2.05, 4.69) is 5.10 Å². The summed E-state index contributed by atoms with van der Waals surface area (Å²) in [5, 5.41) is 13.3. The standard InChI is InChI=1S/C20H26N4O4/c1-14-10-15(2)24(21-14)17-6-4-16(5-7-17)20(27)23-8-9-28-18(12-23)11-22(3)13-19(25)26/h4-7,10,18H,8-9,11-13H2,1-3H3,(H,25,26). The Morgan fingerprint density at radius 3 is 2.61 bits per heavy atom. The number of carbonyl (C=O) groups excluding carboxylic acids is 1. The Hall–Kier alpha value is -2.71. The molecule has 0 saturated carbocycles. The monoisotopic (exact) mass is 386 g/mol. The number of aromatic nitrogens is 2. The summed E-state index contributed by atoms with van der Waals surface area (Å²) in [6, 6.07) is 9.43. The van der Waals surface area contributed by atoms with Gasteiger partial charge in [0.05, 0.1) is 30.6 Å². The van der Waals surface area contributed by atoms with Crippen LogP contribution in [0.2, 0.25) is 0 Å². The second-order valence-electron chi connectivity index (χ2n) is 7.22. The van der Waals surface area contributed by atoms with E-state index in [9.17, 15) is 9.59 Å². The molecule has 150 valence electrons. The molecule has 2 heterocycles. The van der Waals surface area contributed by atoms with E-state index in [1.165, 1.54) is 0 Å². The molecule has 1 unspecified atom stereocenters. The first-order valence-corrected chi connectivity index (χ1v) is 9.28. The molecule has 1 fully saturated rings. The summed E-state index contributed by atoms with van der Waals surface area (Å²) in [6.07, 6.45) is -0.198. The Morgan fingerprint density at radius 1 is 1.29 bits per heavy atom. The third-order valence-corrected chi connectivity index (χ3v) is 4.71. The Morgan fingerprint density at radius 2 is 2.00 bits per heavy atom. The van der Waals surface area contributed by atoms with Gasteiger partial charge in [0.25, 0.3) is 5.91 Å². The molecular formula is C20H26N4O4. The zero-order valence-corrected chi connectivity index (χ0v) is 16.5. The second kappa shape index (κ2) is 8.53. The number of nitrogens with zero attached hydrogens (tertiary/aromatic N) is 4. The Balaban J connectivity index is 1.64. The number of amides is 1. The molecule has 8 nitrogen and oxygen atoms in total. The van der Waals surface area contributed by atoms with Crippen molar-refractivity contribution < 1.29 is 19.4 Å². The van der Waals surface area contributed by atoms with Crippen LogP contribution in [0.25, 0.3) is 5.69 Å². The average Bonchev–Trinajstić information content (AvgIpc) is 2.99. The summed E-state index contributed by atoms with van der Waals surface area (Å²) in [7, 11) is 1.73. The minimum Gasteiger partial charge on any atom is -0.480 e. The van der Waals surface area contributed by atoms with Crippen molar-refractivity contribution in [3.05, 3.63) is 47.3 Å². The molecule has 8 heteroatoms. The van der Waals surface area contributed by atoms with E-state index in [1.54, 1.807) is 16.8 Å². The second-order valence-corrected chi connectivity index (χ2v) is 7.22. The molecular weight excluding hydrogens is 360 g/mol. The average molecular weight is 386 g/mol. The molecule has 0 radical (unpaired) electrons. The lowest BCUT2D eigenvalue weighted by atomic mass is 10.1. The summed E-state index contributed by atoms with van der Waals surface area (Å²) in [6.45, 7) is 5.77. The van der Waals surface area contributed by atoms with Gasteiger partial charge in [-0.2, -0.15) is 5.10 Å². The molecule has 1 aliphatic rings. The number of rotatable bonds is 6. The molecule has 1 aliphatic heterocycles. The Bertz CT molecular complexity index is 846. The minimum absolute atomic E-state index is 0.0471. The predicted octanol–water partition coefficient (Wildman–Crippen LogP) is 1.35. The normalized spacial score (nSPS) is 17.1. The number of likely N-dealkylation sites (N-methyl/N-ethyl adjacent to an activating group) is 1. The van der Waals surface area contributed by atoms with Crippen LogP contribution < -0.4 is 0 Å². The van der Waals surface area contributed by atoms with E-state index in [-0.39, 0.29) is 18.6 Å². The largest absolute Gasteiger partial charge is 0.480 e. The van der Waals surface area contributed by atoms with Crippen LogP contribution in [0.3, 0.4) is 0 Å². The molecule has 1 aromatic heterocycles. The fourth-order valence-corrected chi connectivity index (χ4v) is 3.48. The van der Waals surface area contributed by atoms with Gasteiger partial charge in [-0.05, 0) is 51.2 Å². The molecule has 3 rings (SSSR count). The SMILES string of the molecule is Cc1cc(C)n(-c2ccc(C(=O)N3CCOC(CN(C)CC(=O)O)C3)cc2)n1. The van der Waals surface area contributed by atoms with Crippen molar-refractivity contribution in [1.82, 2.24) is 19.6 Å². The van der Waals surface area contributed by atoms with Gasteiger partial charge < -0.3 is 14.7 Å². The van der Waals surface area contributed by atoms with Crippen molar-refractivity contribution >= 4 is 11.9 Å². The molecule has 0 aliphatic carbocycles. The van der Waals surface area contributed by atoms with E-state index in [4.69, 9.17) is 9.84 Å². The number of carbonyl (C=O) groups is 2. The zero-order chi connectivity index (χ0) is 20.3. The molecule has 1 atom stereocenters. The number of hydrogen-bond acceptors (Lipinski definition) is 5. The van der Waals surface area contributed by atoms with Crippen molar-refractivity contribution in [2.45, 2.75) is 20.0 Å². The highest BCUT2D eigenvalue weighted by molar-refractivity contribution is 5.94. The van der Waals surface area contributed by atoms with Gasteiger partial charge in [-0.1, -0.05) is 0 Å². The number of morpholine rings is 1. The van der Waals surface area contributed by atoms with E-state index in [0.717, 1.165) is 17.1 Å². The molecule has 1 aromatic carbocycles. The molecule has 1 amide bonds. The van der Waals surface area contributed by atoms with Crippen molar-refractivity contribution in [3.8, 4) is 5.69 Å². The van der Waals surface area contributed by atoms with Crippen molar-refractivity contribution in [1.29, 1.82) is 0 Å². The van der Waals surface area contributed by atoms with Gasteiger partial charge >= 0.3 is 5.97 Å². The summed E-state index contributed by atoms with van der Waals surface area (Å²) in [5.74, 6) is -0.928. The fourth-order valence-electron chi connectivity index (χ4n) is 3.48. The highest BCUT2D eigenvalue weighted by atomic mass is 16.5. The first kappa shape index (κ1) is 20.0. The Kier molecular flexibility index (Phi) is 6.11. The molecule has 2 aromatic rings. The van der Waals surface area contributed by atoms with E-state index < -0.39 is 5.97 Å². The topological polar surface area (TPSA) is 87.9 Å². The van der Waals surface area contributed by atoms with Crippen LogP contribution >= 0.6 is 0 Å². The minimum atomic E-state index is -0.881. The maximum atomic E-state index is 12.9. The summed E-state index contributed by atoms with van der Waals surface area (Å²) < 4.78 is 7.55. The molecule has 0 bridgehead atoms. The van der Waals surface area contributed by atoms with Crippen LogP contribution in [0.4, 0.5) is 0 Å². The van der Waals surface area contributed by atoms with Crippen LogP contribution in [-0.2, 0) is 9.53 Å². The number of benzene rings is 1. The number of aryl methyl sites for hydroxylation is 2. The van der Waals surface area contributed by atoms with Crippen molar-refractivity contribution in [3.63, 3.8) is 0 Å². The van der Waals surface area contributed by atoms with Gasteiger partial charge in [-0.15, -0.1) is 0 Å². The molecule has 1 saturated heterocycles. The van der Waals surface area contributed by atoms with E-state index >= 15 is 0 Å². The van der Waals surface area contributed by atoms with Crippen molar-refractivity contribution in [2.24, 2.45) is 0 Å². The van der Waals surface area contributed by atoms with Gasteiger partial charge in [-0.3, -0.25) is 14.5 Å². The third kappa shape index (κ3) is 4.76. The number of aliphatic carboxylic acids is 1. The number of hydrogen-bond donors (Lipinski definition) is 1. The van der Waals surface area contributed by atoms with E-state index in [0.29, 0.717) is 31.8 Å². The first-order chi connectivity index (χ1) is 13.3. The summed E-state index contributed by atoms with van der Waals surface area (Å²) in [4.78, 5) is 27.1. The quantitative estimate of drug-likeness (QED) is 0.806.